The summed E-state index contributed by atoms with van der Waals surface area (Å²) in [5.41, 5.74) is 2.05. The van der Waals surface area contributed by atoms with Crippen LogP contribution in [0.25, 0.3) is 10.8 Å². The summed E-state index contributed by atoms with van der Waals surface area (Å²) in [6, 6.07) is 21.6. The normalized spacial score (nSPS) is 19.6. The van der Waals surface area contributed by atoms with Gasteiger partial charge in [-0.1, -0.05) is 60.7 Å². The molecule has 0 aromatic heterocycles. The topological polar surface area (TPSA) is 58.2 Å². The van der Waals surface area contributed by atoms with E-state index in [4.69, 9.17) is 0 Å². The number of nitrogens with one attached hydrogen (secondary N) is 2. The van der Waals surface area contributed by atoms with Crippen molar-refractivity contribution >= 4 is 20.8 Å². The largest absolute Gasteiger partial charge is 0.308 e. The Balaban J connectivity index is 1.56. The van der Waals surface area contributed by atoms with Crippen LogP contribution in [0, 0.1) is 0 Å². The fourth-order valence-electron chi connectivity index (χ4n) is 3.51. The molecule has 0 bridgehead atoms. The van der Waals surface area contributed by atoms with Crippen molar-refractivity contribution in [2.24, 2.45) is 0 Å². The molecule has 4 rings (SSSR count). The monoisotopic (exact) mass is 352 g/mol. The van der Waals surface area contributed by atoms with Gasteiger partial charge in [-0.05, 0) is 34.9 Å². The van der Waals surface area contributed by atoms with Crippen LogP contribution in [0.4, 0.5) is 0 Å². The minimum Gasteiger partial charge on any atom is -0.308 e. The zero-order valence-corrected chi connectivity index (χ0v) is 14.8. The minimum absolute atomic E-state index is 0.114. The third-order valence-corrected chi connectivity index (χ3v) is 6.35. The molecule has 25 heavy (non-hydrogen) atoms. The second kappa shape index (κ2) is 6.26. The molecule has 1 unspecified atom stereocenters. The van der Waals surface area contributed by atoms with Crippen LogP contribution in [0.3, 0.4) is 0 Å². The van der Waals surface area contributed by atoms with Gasteiger partial charge in [0.15, 0.2) is 0 Å². The SMILES string of the molecule is C[C@@H](NCC1NS(=O)(=O)c2ccccc21)c1cccc2ccccc12. The number of hydrogen-bond acceptors (Lipinski definition) is 3. The minimum atomic E-state index is -3.39. The molecule has 0 aliphatic carbocycles. The molecule has 0 fully saturated rings. The average molecular weight is 352 g/mol. The van der Waals surface area contributed by atoms with E-state index in [1.165, 1.54) is 16.3 Å². The van der Waals surface area contributed by atoms with E-state index < -0.39 is 10.0 Å². The zero-order chi connectivity index (χ0) is 17.4. The van der Waals surface area contributed by atoms with Crippen LogP contribution in [-0.4, -0.2) is 15.0 Å². The van der Waals surface area contributed by atoms with Crippen LogP contribution in [0.5, 0.6) is 0 Å². The molecule has 5 heteroatoms. The van der Waals surface area contributed by atoms with Crippen LogP contribution in [-0.2, 0) is 10.0 Å². The molecule has 4 nitrogen and oxygen atoms in total. The summed E-state index contributed by atoms with van der Waals surface area (Å²) < 4.78 is 27.2. The lowest BCUT2D eigenvalue weighted by atomic mass is 9.99. The molecule has 0 spiro atoms. The summed E-state index contributed by atoms with van der Waals surface area (Å²) in [5.74, 6) is 0. The zero-order valence-electron chi connectivity index (χ0n) is 13.9. The third-order valence-electron chi connectivity index (χ3n) is 4.80. The lowest BCUT2D eigenvalue weighted by molar-refractivity contribution is 0.507. The highest BCUT2D eigenvalue weighted by molar-refractivity contribution is 7.89. The molecule has 0 saturated carbocycles. The predicted molar refractivity (Wildman–Crippen MR) is 99.9 cm³/mol. The number of rotatable bonds is 4. The molecule has 0 saturated heterocycles. The fraction of sp³-hybridized carbons (Fsp3) is 0.200. The van der Waals surface area contributed by atoms with Crippen molar-refractivity contribution in [1.29, 1.82) is 0 Å². The van der Waals surface area contributed by atoms with E-state index in [-0.39, 0.29) is 12.1 Å². The summed E-state index contributed by atoms with van der Waals surface area (Å²) in [6.45, 7) is 2.65. The van der Waals surface area contributed by atoms with Gasteiger partial charge < -0.3 is 5.32 Å². The molecule has 2 N–H and O–H groups in total. The van der Waals surface area contributed by atoms with Gasteiger partial charge in [0.25, 0.3) is 0 Å². The average Bonchev–Trinajstić information content (AvgIpc) is 2.90. The van der Waals surface area contributed by atoms with E-state index in [0.717, 1.165) is 5.56 Å². The molecule has 1 aliphatic rings. The first-order valence-electron chi connectivity index (χ1n) is 8.38. The smallest absolute Gasteiger partial charge is 0.241 e. The Morgan fingerprint density at radius 1 is 1.00 bits per heavy atom. The predicted octanol–water partition coefficient (Wildman–Crippen LogP) is 3.52. The lowest BCUT2D eigenvalue weighted by Crippen LogP contribution is -2.31. The number of hydrogen-bond donors (Lipinski definition) is 2. The molecule has 1 aliphatic heterocycles. The number of benzene rings is 3. The van der Waals surface area contributed by atoms with Crippen molar-refractivity contribution in [1.82, 2.24) is 10.0 Å². The maximum absolute atomic E-state index is 12.2. The van der Waals surface area contributed by atoms with Crippen molar-refractivity contribution in [3.63, 3.8) is 0 Å². The van der Waals surface area contributed by atoms with Gasteiger partial charge in [0.1, 0.15) is 0 Å². The summed E-state index contributed by atoms with van der Waals surface area (Å²) in [6.07, 6.45) is 0. The third kappa shape index (κ3) is 2.95. The van der Waals surface area contributed by atoms with Gasteiger partial charge in [0, 0.05) is 12.6 Å². The standard InChI is InChI=1S/C20H20N2O2S/c1-14(16-11-6-8-15-7-2-3-9-17(15)16)21-13-19-18-10-4-5-12-20(18)25(23,24)22-19/h2-12,14,19,21-22H,13H2,1H3/t14-,19?/m1/s1. The van der Waals surface area contributed by atoms with Crippen molar-refractivity contribution in [2.75, 3.05) is 6.54 Å². The van der Waals surface area contributed by atoms with Crippen LogP contribution >= 0.6 is 0 Å². The Hall–Kier alpha value is -2.21. The Kier molecular flexibility index (Phi) is 4.07. The van der Waals surface area contributed by atoms with E-state index in [1.54, 1.807) is 12.1 Å². The van der Waals surface area contributed by atoms with Crippen LogP contribution in [0.1, 0.15) is 30.1 Å². The molecule has 2 atom stereocenters. The van der Waals surface area contributed by atoms with Gasteiger partial charge in [-0.15, -0.1) is 0 Å². The van der Waals surface area contributed by atoms with Crippen molar-refractivity contribution in [3.8, 4) is 0 Å². The van der Waals surface area contributed by atoms with Crippen molar-refractivity contribution in [2.45, 2.75) is 23.9 Å². The van der Waals surface area contributed by atoms with Gasteiger partial charge in [-0.3, -0.25) is 0 Å². The van der Waals surface area contributed by atoms with Gasteiger partial charge in [0.2, 0.25) is 10.0 Å². The molecule has 128 valence electrons. The highest BCUT2D eigenvalue weighted by Crippen LogP contribution is 2.31. The molecule has 0 radical (unpaired) electrons. The molecule has 3 aromatic rings. The Morgan fingerprint density at radius 3 is 2.60 bits per heavy atom. The molecule has 1 heterocycles. The molecular weight excluding hydrogens is 332 g/mol. The second-order valence-corrected chi connectivity index (χ2v) is 8.09. The molecular formula is C20H20N2O2S. The van der Waals surface area contributed by atoms with Crippen LogP contribution in [0.2, 0.25) is 0 Å². The van der Waals surface area contributed by atoms with Crippen molar-refractivity contribution in [3.05, 3.63) is 77.9 Å². The van der Waals surface area contributed by atoms with E-state index in [1.807, 2.05) is 24.3 Å². The molecule has 0 amide bonds. The first-order valence-corrected chi connectivity index (χ1v) is 9.87. The van der Waals surface area contributed by atoms with E-state index in [9.17, 15) is 8.42 Å². The van der Waals surface area contributed by atoms with Crippen molar-refractivity contribution < 1.29 is 8.42 Å². The Bertz CT molecular complexity index is 1030. The Labute approximate surface area is 147 Å². The number of sulfonamides is 1. The van der Waals surface area contributed by atoms with E-state index in [2.05, 4.69) is 47.3 Å². The van der Waals surface area contributed by atoms with Crippen LogP contribution in [0.15, 0.2) is 71.6 Å². The van der Waals surface area contributed by atoms with Crippen LogP contribution < -0.4 is 10.0 Å². The Morgan fingerprint density at radius 2 is 1.72 bits per heavy atom. The first kappa shape index (κ1) is 16.3. The van der Waals surface area contributed by atoms with E-state index in [0.29, 0.717) is 11.4 Å². The lowest BCUT2D eigenvalue weighted by Gasteiger charge is -2.19. The number of fused-ring (bicyclic) bond motifs is 2. The second-order valence-electron chi connectivity index (χ2n) is 6.41. The first-order chi connectivity index (χ1) is 12.1. The quantitative estimate of drug-likeness (QED) is 0.755. The van der Waals surface area contributed by atoms with Gasteiger partial charge >= 0.3 is 0 Å². The summed E-state index contributed by atoms with van der Waals surface area (Å²) in [4.78, 5) is 0.389. The van der Waals surface area contributed by atoms with Gasteiger partial charge in [-0.2, -0.15) is 0 Å². The van der Waals surface area contributed by atoms with Gasteiger partial charge in [0.05, 0.1) is 10.9 Å². The summed E-state index contributed by atoms with van der Waals surface area (Å²) in [5, 5.41) is 5.91. The maximum atomic E-state index is 12.2. The highest BCUT2D eigenvalue weighted by atomic mass is 32.2. The summed E-state index contributed by atoms with van der Waals surface area (Å²) >= 11 is 0. The molecule has 3 aromatic carbocycles. The van der Waals surface area contributed by atoms with E-state index >= 15 is 0 Å². The summed E-state index contributed by atoms with van der Waals surface area (Å²) in [7, 11) is -3.39. The van der Waals surface area contributed by atoms with Gasteiger partial charge in [-0.25, -0.2) is 13.1 Å². The fourth-order valence-corrected chi connectivity index (χ4v) is 5.00. The maximum Gasteiger partial charge on any atom is 0.241 e. The highest BCUT2D eigenvalue weighted by Gasteiger charge is 2.33.